The summed E-state index contributed by atoms with van der Waals surface area (Å²) >= 11 is 10.1. The number of rotatable bonds is 3. The number of amides is 1. The van der Waals surface area contributed by atoms with Crippen LogP contribution in [0.5, 0.6) is 0 Å². The number of hydrogen-bond acceptors (Lipinski definition) is 1. The molecular weight excluding hydrogens is 374 g/mol. The van der Waals surface area contributed by atoms with Crippen LogP contribution in [-0.4, -0.2) is 22.2 Å². The first-order valence-corrected chi connectivity index (χ1v) is 9.74. The van der Waals surface area contributed by atoms with Crippen LogP contribution in [0.25, 0.3) is 0 Å². The molecule has 2 nitrogen and oxygen atoms in total. The Hall–Kier alpha value is -0.540. The lowest BCUT2D eigenvalue weighted by atomic mass is 9.49. The van der Waals surface area contributed by atoms with Crippen molar-refractivity contribution < 1.29 is 4.79 Å². The number of carbonyl (C=O) groups is 1. The molecule has 4 aliphatic carbocycles. The minimum absolute atomic E-state index is 0.124. The molecule has 0 heterocycles. The molecule has 0 saturated heterocycles. The lowest BCUT2D eigenvalue weighted by Gasteiger charge is -2.60. The molecule has 124 valence electrons. The van der Waals surface area contributed by atoms with Gasteiger partial charge in [0.25, 0.3) is 0 Å². The molecule has 4 bridgehead atoms. The van der Waals surface area contributed by atoms with E-state index in [0.29, 0.717) is 12.5 Å². The molecule has 4 heteroatoms. The van der Waals surface area contributed by atoms with Crippen LogP contribution in [0.1, 0.15) is 44.1 Å². The van der Waals surface area contributed by atoms with Crippen molar-refractivity contribution >= 4 is 33.4 Å². The molecule has 4 fully saturated rings. The molecule has 0 aromatic heterocycles. The van der Waals surface area contributed by atoms with Crippen LogP contribution in [-0.2, 0) is 11.3 Å². The zero-order valence-corrected chi connectivity index (χ0v) is 15.9. The first-order valence-electron chi connectivity index (χ1n) is 8.56. The first kappa shape index (κ1) is 16.0. The van der Waals surface area contributed by atoms with E-state index >= 15 is 0 Å². The van der Waals surface area contributed by atoms with E-state index in [-0.39, 0.29) is 9.74 Å². The number of hydrogen-bond donors (Lipinski definition) is 0. The van der Waals surface area contributed by atoms with Gasteiger partial charge in [0.05, 0.1) is 5.41 Å². The quantitative estimate of drug-likeness (QED) is 0.656. The summed E-state index contributed by atoms with van der Waals surface area (Å²) in [6.45, 7) is 0.645. The van der Waals surface area contributed by atoms with Crippen LogP contribution < -0.4 is 0 Å². The van der Waals surface area contributed by atoms with Crippen molar-refractivity contribution in [3.63, 3.8) is 0 Å². The van der Waals surface area contributed by atoms with E-state index < -0.39 is 0 Å². The van der Waals surface area contributed by atoms with Crippen LogP contribution in [0.15, 0.2) is 24.3 Å². The zero-order chi connectivity index (χ0) is 16.2. The molecule has 0 aliphatic heterocycles. The highest BCUT2D eigenvalue weighted by molar-refractivity contribution is 9.10. The van der Waals surface area contributed by atoms with Gasteiger partial charge in [-0.2, -0.15) is 0 Å². The van der Waals surface area contributed by atoms with Crippen LogP contribution in [0.3, 0.4) is 0 Å². The summed E-state index contributed by atoms with van der Waals surface area (Å²) < 4.78 is 0.226. The predicted molar refractivity (Wildman–Crippen MR) is 96.7 cm³/mol. The highest BCUT2D eigenvalue weighted by Crippen LogP contribution is 2.64. The summed E-state index contributed by atoms with van der Waals surface area (Å²) in [6, 6.07) is 7.83. The van der Waals surface area contributed by atoms with E-state index in [0.717, 1.165) is 41.7 Å². The van der Waals surface area contributed by atoms with Gasteiger partial charge in [-0.15, -0.1) is 0 Å². The Kier molecular flexibility index (Phi) is 3.81. The maximum absolute atomic E-state index is 13.3. The summed E-state index contributed by atoms with van der Waals surface area (Å²) in [5.41, 5.74) is 0.979. The molecule has 23 heavy (non-hydrogen) atoms. The molecule has 4 saturated carbocycles. The largest absolute Gasteiger partial charge is 0.341 e. The normalized spacial score (nSPS) is 37.9. The summed E-state index contributed by atoms with van der Waals surface area (Å²) in [7, 11) is 1.95. The maximum atomic E-state index is 13.3. The number of alkyl halides is 1. The Morgan fingerprint density at radius 1 is 1.30 bits per heavy atom. The van der Waals surface area contributed by atoms with E-state index in [4.69, 9.17) is 11.6 Å². The second-order valence-corrected chi connectivity index (χ2v) is 10.3. The number of nitrogens with zero attached hydrogens (tertiary/aromatic N) is 1. The van der Waals surface area contributed by atoms with Crippen molar-refractivity contribution in [2.75, 3.05) is 7.05 Å². The standard InChI is InChI=1S/C19H23BrClNO/c1-22(11-13-3-2-4-16(21)6-13)17(23)18-7-14-5-15(8-18)10-19(20,9-14)12-18/h2-4,6,14-15H,5,7-12H2,1H3. The molecule has 2 unspecified atom stereocenters. The fourth-order valence-electron chi connectivity index (χ4n) is 5.79. The molecule has 4 aliphatic rings. The van der Waals surface area contributed by atoms with Crippen LogP contribution in [0.4, 0.5) is 0 Å². The third-order valence-corrected chi connectivity index (χ3v) is 7.26. The number of carbonyl (C=O) groups excluding carboxylic acids is 1. The molecule has 0 radical (unpaired) electrons. The fraction of sp³-hybridized carbons (Fsp3) is 0.632. The topological polar surface area (TPSA) is 20.3 Å². The third-order valence-electron chi connectivity index (χ3n) is 6.10. The molecule has 0 N–H and O–H groups in total. The molecule has 1 amide bonds. The number of benzene rings is 1. The molecular formula is C19H23BrClNO. The lowest BCUT2D eigenvalue weighted by molar-refractivity contribution is -0.154. The minimum atomic E-state index is -0.124. The Labute approximate surface area is 151 Å². The highest BCUT2D eigenvalue weighted by Gasteiger charge is 2.60. The average molecular weight is 397 g/mol. The van der Waals surface area contributed by atoms with E-state index in [1.54, 1.807) is 0 Å². The monoisotopic (exact) mass is 395 g/mol. The molecule has 5 rings (SSSR count). The van der Waals surface area contributed by atoms with Crippen molar-refractivity contribution in [3.05, 3.63) is 34.9 Å². The van der Waals surface area contributed by atoms with Crippen molar-refractivity contribution in [2.45, 2.75) is 49.4 Å². The summed E-state index contributed by atoms with van der Waals surface area (Å²) in [4.78, 5) is 15.2. The summed E-state index contributed by atoms with van der Waals surface area (Å²) in [5.74, 6) is 1.81. The van der Waals surface area contributed by atoms with E-state index in [1.165, 1.54) is 19.3 Å². The molecule has 0 spiro atoms. The predicted octanol–water partition coefficient (Wildman–Crippen LogP) is 5.03. The van der Waals surface area contributed by atoms with Crippen LogP contribution in [0, 0.1) is 17.3 Å². The van der Waals surface area contributed by atoms with Gasteiger partial charge in [0.15, 0.2) is 0 Å². The summed E-state index contributed by atoms with van der Waals surface area (Å²) in [6.07, 6.45) is 7.06. The molecule has 1 aromatic carbocycles. The lowest BCUT2D eigenvalue weighted by Crippen LogP contribution is -2.58. The Morgan fingerprint density at radius 2 is 2.00 bits per heavy atom. The van der Waals surface area contributed by atoms with E-state index in [9.17, 15) is 4.79 Å². The van der Waals surface area contributed by atoms with E-state index in [1.807, 2.05) is 36.2 Å². The minimum Gasteiger partial charge on any atom is -0.341 e. The fourth-order valence-corrected chi connectivity index (χ4v) is 7.45. The van der Waals surface area contributed by atoms with Gasteiger partial charge in [-0.25, -0.2) is 0 Å². The second-order valence-electron chi connectivity index (χ2n) is 8.18. The molecule has 1 aromatic rings. The van der Waals surface area contributed by atoms with Crippen molar-refractivity contribution in [1.82, 2.24) is 4.90 Å². The smallest absolute Gasteiger partial charge is 0.228 e. The van der Waals surface area contributed by atoms with Crippen molar-refractivity contribution in [2.24, 2.45) is 17.3 Å². The maximum Gasteiger partial charge on any atom is 0.228 e. The van der Waals surface area contributed by atoms with Crippen LogP contribution >= 0.6 is 27.5 Å². The van der Waals surface area contributed by atoms with Gasteiger partial charge >= 0.3 is 0 Å². The van der Waals surface area contributed by atoms with Crippen LogP contribution in [0.2, 0.25) is 5.02 Å². The SMILES string of the molecule is CN(Cc1cccc(Cl)c1)C(=O)C12CC3CC(CC(Br)(C3)C1)C2. The van der Waals surface area contributed by atoms with E-state index in [2.05, 4.69) is 15.9 Å². The highest BCUT2D eigenvalue weighted by atomic mass is 79.9. The zero-order valence-electron chi connectivity index (χ0n) is 13.5. The first-order chi connectivity index (χ1) is 10.9. The third kappa shape index (κ3) is 2.84. The van der Waals surface area contributed by atoms with Gasteiger partial charge in [-0.3, -0.25) is 4.79 Å². The average Bonchev–Trinajstić information content (AvgIpc) is 2.43. The second kappa shape index (κ2) is 5.49. The van der Waals surface area contributed by atoms with Crippen molar-refractivity contribution in [3.8, 4) is 0 Å². The van der Waals surface area contributed by atoms with Gasteiger partial charge in [-0.05, 0) is 68.1 Å². The Morgan fingerprint density at radius 3 is 2.61 bits per heavy atom. The van der Waals surface area contributed by atoms with Gasteiger partial charge < -0.3 is 4.90 Å². The van der Waals surface area contributed by atoms with Gasteiger partial charge in [0.1, 0.15) is 0 Å². The van der Waals surface area contributed by atoms with Gasteiger partial charge in [0.2, 0.25) is 5.91 Å². The number of halogens is 2. The van der Waals surface area contributed by atoms with Gasteiger partial charge in [-0.1, -0.05) is 39.7 Å². The van der Waals surface area contributed by atoms with Gasteiger partial charge in [0, 0.05) is 22.9 Å². The summed E-state index contributed by atoms with van der Waals surface area (Å²) in [5, 5.41) is 0.734. The Balaban J connectivity index is 1.54. The molecule has 2 atom stereocenters. The Bertz CT molecular complexity index is 632. The van der Waals surface area contributed by atoms with Crippen molar-refractivity contribution in [1.29, 1.82) is 0 Å².